The lowest BCUT2D eigenvalue weighted by atomic mass is 10.1. The monoisotopic (exact) mass is 481 g/mol. The molecule has 0 saturated heterocycles. The van der Waals surface area contributed by atoms with Crippen molar-refractivity contribution in [2.75, 3.05) is 17.3 Å². The summed E-state index contributed by atoms with van der Waals surface area (Å²) in [5.41, 5.74) is 0.937. The number of fused-ring (bicyclic) bond motifs is 1. The third kappa shape index (κ3) is 6.14. The van der Waals surface area contributed by atoms with Crippen molar-refractivity contribution >= 4 is 34.6 Å². The molecule has 186 valence electrons. The summed E-state index contributed by atoms with van der Waals surface area (Å²) in [6.45, 7) is 10.5. The zero-order valence-electron chi connectivity index (χ0n) is 21.0. The van der Waals surface area contributed by atoms with E-state index in [0.717, 1.165) is 5.56 Å². The average Bonchev–Trinajstić information content (AvgIpc) is 2.78. The second-order valence-electron chi connectivity index (χ2n) is 9.34. The first-order valence-electron chi connectivity index (χ1n) is 11.2. The minimum absolute atomic E-state index is 0.00830. The molecule has 10 heteroatoms. The highest BCUT2D eigenvalue weighted by molar-refractivity contribution is 5.93. The molecule has 3 aromatic rings. The number of ether oxygens (including phenoxy) is 1. The number of benzene rings is 1. The number of nitrogens with zero attached hydrogens (tertiary/aromatic N) is 3. The molecule has 0 fully saturated rings. The quantitative estimate of drug-likeness (QED) is 0.542. The predicted octanol–water partition coefficient (Wildman–Crippen LogP) is 3.94. The molecule has 0 spiro atoms. The van der Waals surface area contributed by atoms with Gasteiger partial charge in [-0.25, -0.2) is 9.59 Å². The van der Waals surface area contributed by atoms with Gasteiger partial charge in [-0.1, -0.05) is 0 Å². The molecule has 2 aromatic heterocycles. The molecular weight excluding hydrogens is 450 g/mol. The first-order valence-corrected chi connectivity index (χ1v) is 11.2. The molecular formula is C25H31N5O5. The van der Waals surface area contributed by atoms with E-state index in [9.17, 15) is 14.4 Å². The van der Waals surface area contributed by atoms with E-state index in [0.29, 0.717) is 16.8 Å². The topological polar surface area (TPSA) is 127 Å². The van der Waals surface area contributed by atoms with Crippen molar-refractivity contribution in [1.82, 2.24) is 15.3 Å². The van der Waals surface area contributed by atoms with Gasteiger partial charge < -0.3 is 19.4 Å². The Balaban J connectivity index is 1.81. The summed E-state index contributed by atoms with van der Waals surface area (Å²) >= 11 is 0. The molecule has 1 unspecified atom stereocenters. The number of nitrogens with one attached hydrogen (secondary N) is 2. The van der Waals surface area contributed by atoms with Gasteiger partial charge in [-0.2, -0.15) is 4.98 Å². The number of likely N-dealkylation sites (N-methyl/N-ethyl adjacent to an activating group) is 1. The van der Waals surface area contributed by atoms with E-state index in [1.807, 2.05) is 19.1 Å². The second-order valence-corrected chi connectivity index (χ2v) is 9.34. The smallest absolute Gasteiger partial charge is 0.412 e. The largest absolute Gasteiger partial charge is 0.444 e. The molecule has 0 saturated carbocycles. The summed E-state index contributed by atoms with van der Waals surface area (Å²) < 4.78 is 10.7. The molecule has 35 heavy (non-hydrogen) atoms. The molecule has 0 aliphatic heterocycles. The Hall–Kier alpha value is -3.95. The van der Waals surface area contributed by atoms with Crippen molar-refractivity contribution < 1.29 is 18.7 Å². The summed E-state index contributed by atoms with van der Waals surface area (Å²) in [7, 11) is 1.63. The van der Waals surface area contributed by atoms with E-state index in [-0.39, 0.29) is 23.3 Å². The van der Waals surface area contributed by atoms with Crippen molar-refractivity contribution in [3.8, 4) is 0 Å². The van der Waals surface area contributed by atoms with Gasteiger partial charge in [0.2, 0.25) is 5.91 Å². The van der Waals surface area contributed by atoms with E-state index < -0.39 is 23.4 Å². The third-order valence-corrected chi connectivity index (χ3v) is 5.51. The zero-order chi connectivity index (χ0) is 25.9. The maximum absolute atomic E-state index is 12.9. The lowest BCUT2D eigenvalue weighted by Gasteiger charge is -2.25. The lowest BCUT2D eigenvalue weighted by Crippen LogP contribution is -2.44. The molecule has 3 rings (SSSR count). The van der Waals surface area contributed by atoms with Crippen LogP contribution in [0, 0.1) is 6.92 Å². The number of hydrogen-bond donors (Lipinski definition) is 2. The number of carbonyl (C=O) groups is 2. The number of aromatic nitrogens is 2. The van der Waals surface area contributed by atoms with Gasteiger partial charge >= 0.3 is 17.7 Å². The van der Waals surface area contributed by atoms with Crippen LogP contribution < -0.4 is 21.2 Å². The van der Waals surface area contributed by atoms with E-state index in [2.05, 4.69) is 20.6 Å². The predicted molar refractivity (Wildman–Crippen MR) is 134 cm³/mol. The summed E-state index contributed by atoms with van der Waals surface area (Å²) in [5, 5.41) is 5.83. The van der Waals surface area contributed by atoms with Crippen LogP contribution in [0.25, 0.3) is 10.9 Å². The summed E-state index contributed by atoms with van der Waals surface area (Å²) in [4.78, 5) is 47.8. The van der Waals surface area contributed by atoms with Crippen LogP contribution in [0.5, 0.6) is 0 Å². The maximum Gasteiger partial charge on any atom is 0.412 e. The zero-order valence-corrected chi connectivity index (χ0v) is 21.0. The Morgan fingerprint density at radius 2 is 1.77 bits per heavy atom. The van der Waals surface area contributed by atoms with Crippen LogP contribution in [0.3, 0.4) is 0 Å². The van der Waals surface area contributed by atoms with Crippen molar-refractivity contribution in [2.45, 2.75) is 59.2 Å². The van der Waals surface area contributed by atoms with Crippen molar-refractivity contribution in [2.24, 2.45) is 0 Å². The van der Waals surface area contributed by atoms with Gasteiger partial charge in [0.1, 0.15) is 11.6 Å². The van der Waals surface area contributed by atoms with Gasteiger partial charge in [0.05, 0.1) is 16.9 Å². The minimum Gasteiger partial charge on any atom is -0.444 e. The minimum atomic E-state index is -0.665. The van der Waals surface area contributed by atoms with E-state index in [4.69, 9.17) is 9.15 Å². The Labute approximate surface area is 203 Å². The highest BCUT2D eigenvalue weighted by atomic mass is 16.6. The normalized spacial score (nSPS) is 13.1. The summed E-state index contributed by atoms with van der Waals surface area (Å²) in [6.07, 6.45) is 2.70. The lowest BCUT2D eigenvalue weighted by molar-refractivity contribution is -0.122. The number of aryl methyl sites for hydroxylation is 1. The Morgan fingerprint density at radius 1 is 1.11 bits per heavy atom. The highest BCUT2D eigenvalue weighted by Gasteiger charge is 2.24. The molecule has 0 aliphatic rings. The standard InChI is InChI=1S/C25H31N5O5/c1-14-18(29-24(33)35-25(4,5)6)8-9-19-20(14)22(32)34-23(28-19)30(7)16(3)21(31)27-15(2)17-10-12-26-13-11-17/h8-13,15-16H,1-7H3,(H,27,31)(H,29,33)/t15?,16-/m0/s1. The van der Waals surface area contributed by atoms with Crippen LogP contribution in [-0.2, 0) is 9.53 Å². The van der Waals surface area contributed by atoms with Gasteiger partial charge in [-0.15, -0.1) is 0 Å². The third-order valence-electron chi connectivity index (χ3n) is 5.51. The first-order chi connectivity index (χ1) is 16.4. The van der Waals surface area contributed by atoms with Gasteiger partial charge in [0.25, 0.3) is 0 Å². The van der Waals surface area contributed by atoms with E-state index >= 15 is 0 Å². The number of rotatable bonds is 6. The number of carbonyl (C=O) groups excluding carboxylic acids is 2. The molecule has 2 heterocycles. The molecule has 2 amide bonds. The Bertz CT molecular complexity index is 1280. The number of hydrogen-bond acceptors (Lipinski definition) is 8. The van der Waals surface area contributed by atoms with Gasteiger partial charge in [-0.05, 0) is 76.9 Å². The number of anilines is 2. The first kappa shape index (κ1) is 25.7. The van der Waals surface area contributed by atoms with Crippen molar-refractivity contribution in [1.29, 1.82) is 0 Å². The van der Waals surface area contributed by atoms with Crippen LogP contribution in [0.1, 0.15) is 51.8 Å². The molecule has 2 atom stereocenters. The van der Waals surface area contributed by atoms with E-state index in [1.54, 1.807) is 66.2 Å². The van der Waals surface area contributed by atoms with Crippen LogP contribution in [0.15, 0.2) is 45.9 Å². The van der Waals surface area contributed by atoms with Gasteiger partial charge in [0, 0.05) is 25.1 Å². The number of amides is 2. The van der Waals surface area contributed by atoms with Crippen LogP contribution in [0.4, 0.5) is 16.5 Å². The fourth-order valence-corrected chi connectivity index (χ4v) is 3.42. The average molecular weight is 482 g/mol. The van der Waals surface area contributed by atoms with Gasteiger partial charge in [0.15, 0.2) is 0 Å². The number of pyridine rings is 1. The molecule has 2 N–H and O–H groups in total. The van der Waals surface area contributed by atoms with E-state index in [1.165, 1.54) is 4.90 Å². The summed E-state index contributed by atoms with van der Waals surface area (Å²) in [6, 6.07) is 6.03. The molecule has 10 nitrogen and oxygen atoms in total. The second kappa shape index (κ2) is 10.1. The van der Waals surface area contributed by atoms with Crippen LogP contribution in [-0.4, -0.2) is 40.7 Å². The van der Waals surface area contributed by atoms with Crippen LogP contribution >= 0.6 is 0 Å². The Kier molecular flexibility index (Phi) is 7.42. The SMILES string of the molecule is Cc1c(NC(=O)OC(C)(C)C)ccc2nc(N(C)[C@@H](C)C(=O)NC(C)c3ccncc3)oc(=O)c12. The van der Waals surface area contributed by atoms with Crippen LogP contribution in [0.2, 0.25) is 0 Å². The Morgan fingerprint density at radius 3 is 2.40 bits per heavy atom. The van der Waals surface area contributed by atoms with Crippen molar-refractivity contribution in [3.05, 3.63) is 58.2 Å². The molecule has 0 bridgehead atoms. The molecule has 0 aliphatic carbocycles. The molecule has 0 radical (unpaired) electrons. The molecule has 1 aromatic carbocycles. The van der Waals surface area contributed by atoms with Gasteiger partial charge in [-0.3, -0.25) is 15.1 Å². The van der Waals surface area contributed by atoms with Crippen molar-refractivity contribution in [3.63, 3.8) is 0 Å². The fourth-order valence-electron chi connectivity index (χ4n) is 3.42. The highest BCUT2D eigenvalue weighted by Crippen LogP contribution is 2.25. The fraction of sp³-hybridized carbons (Fsp3) is 0.400. The maximum atomic E-state index is 12.9. The summed E-state index contributed by atoms with van der Waals surface area (Å²) in [5.74, 6) is -0.255.